The summed E-state index contributed by atoms with van der Waals surface area (Å²) in [5.74, 6) is -2.20. The van der Waals surface area contributed by atoms with Gasteiger partial charge in [0.1, 0.15) is 31.9 Å². The Morgan fingerprint density at radius 3 is 1.58 bits per heavy atom. The van der Waals surface area contributed by atoms with Crippen LogP contribution in [0.4, 0.5) is 4.79 Å². The van der Waals surface area contributed by atoms with E-state index in [4.69, 9.17) is 14.2 Å². The Morgan fingerprint density at radius 1 is 0.632 bits per heavy atom. The van der Waals surface area contributed by atoms with E-state index in [2.05, 4.69) is 10.6 Å². The Labute approximate surface area is 221 Å². The Hall–Kier alpha value is -4.66. The number of amides is 2. The van der Waals surface area contributed by atoms with E-state index >= 15 is 0 Å². The lowest BCUT2D eigenvalue weighted by atomic mass is 10.2. The van der Waals surface area contributed by atoms with E-state index in [1.807, 2.05) is 42.5 Å². The largest absolute Gasteiger partial charge is 0.461 e. The van der Waals surface area contributed by atoms with Crippen molar-refractivity contribution in [3.8, 4) is 0 Å². The summed E-state index contributed by atoms with van der Waals surface area (Å²) in [6, 6.07) is 24.7. The molecule has 3 rings (SSSR count). The second-order valence-electron chi connectivity index (χ2n) is 8.43. The van der Waals surface area contributed by atoms with Crippen LogP contribution in [0.25, 0.3) is 0 Å². The highest BCUT2D eigenvalue weighted by Gasteiger charge is 2.29. The zero-order valence-electron chi connectivity index (χ0n) is 21.0. The molecule has 198 valence electrons. The van der Waals surface area contributed by atoms with E-state index in [-0.39, 0.29) is 19.8 Å². The van der Waals surface area contributed by atoms with E-state index in [1.165, 1.54) is 6.92 Å². The van der Waals surface area contributed by atoms with E-state index in [9.17, 15) is 19.2 Å². The fraction of sp³-hybridized carbons (Fsp3) is 0.241. The number of benzene rings is 3. The highest BCUT2D eigenvalue weighted by molar-refractivity contribution is 5.91. The maximum Gasteiger partial charge on any atom is 0.408 e. The van der Waals surface area contributed by atoms with Gasteiger partial charge in [-0.15, -0.1) is 0 Å². The van der Waals surface area contributed by atoms with E-state index in [1.54, 1.807) is 48.5 Å². The second-order valence-corrected chi connectivity index (χ2v) is 8.43. The topological polar surface area (TPSA) is 120 Å². The third-order valence-electron chi connectivity index (χ3n) is 5.38. The molecule has 2 amide bonds. The van der Waals surface area contributed by atoms with Gasteiger partial charge in [0.15, 0.2) is 0 Å². The Morgan fingerprint density at radius 2 is 1.08 bits per heavy atom. The van der Waals surface area contributed by atoms with Crippen molar-refractivity contribution < 1.29 is 33.4 Å². The van der Waals surface area contributed by atoms with Gasteiger partial charge in [-0.2, -0.15) is 0 Å². The normalized spacial score (nSPS) is 11.9. The molecule has 2 unspecified atom stereocenters. The van der Waals surface area contributed by atoms with Crippen LogP contribution in [-0.2, 0) is 48.4 Å². The second kappa shape index (κ2) is 14.8. The van der Waals surface area contributed by atoms with Gasteiger partial charge in [-0.05, 0) is 23.6 Å². The van der Waals surface area contributed by atoms with Crippen molar-refractivity contribution >= 4 is 23.9 Å². The predicted molar refractivity (Wildman–Crippen MR) is 138 cm³/mol. The van der Waals surface area contributed by atoms with Crippen LogP contribution >= 0.6 is 0 Å². The number of hydrogen-bond donors (Lipinski definition) is 2. The molecule has 38 heavy (non-hydrogen) atoms. The minimum Gasteiger partial charge on any atom is -0.461 e. The maximum absolute atomic E-state index is 12.8. The zero-order valence-corrected chi connectivity index (χ0v) is 21.0. The molecule has 0 heterocycles. The van der Waals surface area contributed by atoms with Crippen LogP contribution < -0.4 is 10.6 Å². The molecular weight excluding hydrogens is 488 g/mol. The lowest BCUT2D eigenvalue weighted by molar-refractivity contribution is -0.155. The minimum absolute atomic E-state index is 0.0185. The molecule has 0 spiro atoms. The molecule has 2 atom stereocenters. The van der Waals surface area contributed by atoms with Crippen molar-refractivity contribution in [1.29, 1.82) is 0 Å². The van der Waals surface area contributed by atoms with E-state index in [0.29, 0.717) is 0 Å². The van der Waals surface area contributed by atoms with Crippen LogP contribution in [0.2, 0.25) is 0 Å². The van der Waals surface area contributed by atoms with Crippen LogP contribution in [0.1, 0.15) is 30.0 Å². The molecular formula is C29H30N2O7. The third kappa shape index (κ3) is 9.77. The van der Waals surface area contributed by atoms with Gasteiger partial charge in [-0.1, -0.05) is 91.0 Å². The van der Waals surface area contributed by atoms with Gasteiger partial charge >= 0.3 is 18.0 Å². The summed E-state index contributed by atoms with van der Waals surface area (Å²) in [5, 5.41) is 4.89. The summed E-state index contributed by atoms with van der Waals surface area (Å²) >= 11 is 0. The lowest BCUT2D eigenvalue weighted by Crippen LogP contribution is -2.51. The molecule has 2 N–H and O–H groups in total. The smallest absolute Gasteiger partial charge is 0.408 e. The van der Waals surface area contributed by atoms with E-state index < -0.39 is 42.4 Å². The zero-order chi connectivity index (χ0) is 27.2. The SMILES string of the molecule is CC(NC(=O)OCc1ccccc1)C(=O)NC(CC(=O)OCc1ccccc1)C(=O)OCc1ccccc1. The number of alkyl carbamates (subject to hydrolysis) is 1. The Balaban J connectivity index is 1.56. The number of carbonyl (C=O) groups is 4. The first-order valence-electron chi connectivity index (χ1n) is 12.1. The first-order chi connectivity index (χ1) is 18.4. The molecule has 0 aliphatic heterocycles. The van der Waals surface area contributed by atoms with Gasteiger partial charge in [-0.3, -0.25) is 9.59 Å². The molecule has 0 saturated heterocycles. The van der Waals surface area contributed by atoms with Crippen molar-refractivity contribution in [3.05, 3.63) is 108 Å². The highest BCUT2D eigenvalue weighted by atomic mass is 16.6. The van der Waals surface area contributed by atoms with Crippen molar-refractivity contribution in [2.24, 2.45) is 0 Å². The molecule has 9 heteroatoms. The number of ether oxygens (including phenoxy) is 3. The summed E-state index contributed by atoms with van der Waals surface area (Å²) in [7, 11) is 0. The van der Waals surface area contributed by atoms with Gasteiger partial charge in [0.2, 0.25) is 5.91 Å². The average molecular weight is 519 g/mol. The monoisotopic (exact) mass is 518 g/mol. The first-order valence-corrected chi connectivity index (χ1v) is 12.1. The maximum atomic E-state index is 12.8. The van der Waals surface area contributed by atoms with Crippen molar-refractivity contribution in [2.75, 3.05) is 0 Å². The molecule has 3 aromatic rings. The lowest BCUT2D eigenvalue weighted by Gasteiger charge is -2.20. The third-order valence-corrected chi connectivity index (χ3v) is 5.38. The molecule has 3 aromatic carbocycles. The molecule has 0 fully saturated rings. The van der Waals surface area contributed by atoms with Crippen LogP contribution in [0.5, 0.6) is 0 Å². The van der Waals surface area contributed by atoms with Crippen molar-refractivity contribution in [2.45, 2.75) is 45.2 Å². The molecule has 0 saturated carbocycles. The molecule has 0 aliphatic rings. The molecule has 0 radical (unpaired) electrons. The number of esters is 2. The summed E-state index contributed by atoms with van der Waals surface area (Å²) in [6.07, 6.45) is -1.25. The van der Waals surface area contributed by atoms with Crippen LogP contribution in [-0.4, -0.2) is 36.0 Å². The van der Waals surface area contributed by atoms with Crippen molar-refractivity contribution in [3.63, 3.8) is 0 Å². The molecule has 0 aromatic heterocycles. The van der Waals surface area contributed by atoms with Crippen LogP contribution in [0.3, 0.4) is 0 Å². The quantitative estimate of drug-likeness (QED) is 0.277. The van der Waals surface area contributed by atoms with Gasteiger partial charge in [-0.25, -0.2) is 9.59 Å². The first kappa shape index (κ1) is 27.9. The van der Waals surface area contributed by atoms with E-state index in [0.717, 1.165) is 16.7 Å². The predicted octanol–water partition coefficient (Wildman–Crippen LogP) is 3.66. The van der Waals surface area contributed by atoms with Gasteiger partial charge in [0.25, 0.3) is 0 Å². The highest BCUT2D eigenvalue weighted by Crippen LogP contribution is 2.08. The summed E-state index contributed by atoms with van der Waals surface area (Å²) in [6.45, 7) is 1.44. The molecule has 9 nitrogen and oxygen atoms in total. The average Bonchev–Trinajstić information content (AvgIpc) is 2.95. The van der Waals surface area contributed by atoms with Gasteiger partial charge in [0.05, 0.1) is 6.42 Å². The summed E-state index contributed by atoms with van der Waals surface area (Å²) in [5.41, 5.74) is 2.31. The van der Waals surface area contributed by atoms with Gasteiger partial charge in [0, 0.05) is 0 Å². The van der Waals surface area contributed by atoms with Crippen LogP contribution in [0.15, 0.2) is 91.0 Å². The Bertz CT molecular complexity index is 1190. The van der Waals surface area contributed by atoms with Crippen molar-refractivity contribution in [1.82, 2.24) is 10.6 Å². The number of nitrogens with one attached hydrogen (secondary N) is 2. The molecule has 0 aliphatic carbocycles. The molecule has 0 bridgehead atoms. The standard InChI is InChI=1S/C29H30N2O7/c1-21(30-29(35)38-20-24-15-9-4-10-16-24)27(33)31-25(28(34)37-19-23-13-7-3-8-14-23)17-26(32)36-18-22-11-5-2-6-12-22/h2-16,21,25H,17-20H2,1H3,(H,30,35)(H,31,33). The fourth-order valence-electron chi connectivity index (χ4n) is 3.29. The number of rotatable bonds is 12. The number of carbonyl (C=O) groups excluding carboxylic acids is 4. The van der Waals surface area contributed by atoms with Crippen LogP contribution in [0, 0.1) is 0 Å². The Kier molecular flexibility index (Phi) is 10.9. The summed E-state index contributed by atoms with van der Waals surface area (Å²) in [4.78, 5) is 50.2. The summed E-state index contributed by atoms with van der Waals surface area (Å²) < 4.78 is 15.7. The minimum atomic E-state index is -1.32. The van der Waals surface area contributed by atoms with Gasteiger partial charge < -0.3 is 24.8 Å². The fourth-order valence-corrected chi connectivity index (χ4v) is 3.29. The number of hydrogen-bond acceptors (Lipinski definition) is 7.